The molecule has 2 N–H and O–H groups in total. The Kier molecular flexibility index (Phi) is 5.35. The van der Waals surface area contributed by atoms with Crippen molar-refractivity contribution in [1.29, 1.82) is 0 Å². The standard InChI is InChI=1S/C24H16ClF2N5O/c25-17-7-4-8-18(27)21(17)20-13-19(14-5-2-1-3-6-14)28-24-30-23(31-32(20)24)29-22(33)15-9-11-16(26)12-10-15/h1-13,20H,(H2,28,29,30,31,33)/t20-/m0/s1. The van der Waals surface area contributed by atoms with Crippen LogP contribution in [0.15, 0.2) is 78.9 Å². The van der Waals surface area contributed by atoms with Gasteiger partial charge in [0.15, 0.2) is 0 Å². The normalized spacial score (nSPS) is 14.8. The second-order valence-electron chi connectivity index (χ2n) is 7.32. The van der Waals surface area contributed by atoms with E-state index in [1.54, 1.807) is 12.1 Å². The van der Waals surface area contributed by atoms with Crippen LogP contribution < -0.4 is 10.6 Å². The fourth-order valence-electron chi connectivity index (χ4n) is 3.61. The Morgan fingerprint density at radius 2 is 1.76 bits per heavy atom. The van der Waals surface area contributed by atoms with Crippen molar-refractivity contribution < 1.29 is 13.6 Å². The summed E-state index contributed by atoms with van der Waals surface area (Å²) >= 11 is 6.36. The van der Waals surface area contributed by atoms with Crippen LogP contribution >= 0.6 is 11.6 Å². The van der Waals surface area contributed by atoms with Gasteiger partial charge in [0.2, 0.25) is 5.95 Å². The molecule has 0 spiro atoms. The van der Waals surface area contributed by atoms with Gasteiger partial charge in [0.05, 0.1) is 0 Å². The zero-order chi connectivity index (χ0) is 22.9. The van der Waals surface area contributed by atoms with E-state index in [0.29, 0.717) is 11.6 Å². The van der Waals surface area contributed by atoms with Gasteiger partial charge in [-0.2, -0.15) is 4.98 Å². The van der Waals surface area contributed by atoms with Crippen LogP contribution in [-0.2, 0) is 0 Å². The molecule has 0 saturated heterocycles. The molecule has 6 nitrogen and oxygen atoms in total. The number of carbonyl (C=O) groups excluding carboxylic acids is 1. The van der Waals surface area contributed by atoms with Crippen LogP contribution in [-0.4, -0.2) is 20.7 Å². The first-order chi connectivity index (χ1) is 16.0. The van der Waals surface area contributed by atoms with Crippen molar-refractivity contribution in [2.75, 3.05) is 10.6 Å². The van der Waals surface area contributed by atoms with Gasteiger partial charge in [0, 0.05) is 21.8 Å². The average molecular weight is 464 g/mol. The van der Waals surface area contributed by atoms with E-state index in [0.717, 1.165) is 5.56 Å². The zero-order valence-corrected chi connectivity index (χ0v) is 17.7. The van der Waals surface area contributed by atoms with Crippen LogP contribution in [0.5, 0.6) is 0 Å². The molecule has 0 bridgehead atoms. The maximum absolute atomic E-state index is 14.8. The summed E-state index contributed by atoms with van der Waals surface area (Å²) in [6.45, 7) is 0. The van der Waals surface area contributed by atoms with Crippen molar-refractivity contribution >= 4 is 35.1 Å². The van der Waals surface area contributed by atoms with E-state index in [4.69, 9.17) is 11.6 Å². The van der Waals surface area contributed by atoms with Gasteiger partial charge in [0.1, 0.15) is 17.7 Å². The molecule has 1 amide bonds. The summed E-state index contributed by atoms with van der Waals surface area (Å²) in [5.41, 5.74) is 2.03. The Morgan fingerprint density at radius 1 is 1.00 bits per heavy atom. The number of aromatic nitrogens is 3. The van der Waals surface area contributed by atoms with Crippen LogP contribution in [0.4, 0.5) is 20.7 Å². The fourth-order valence-corrected chi connectivity index (χ4v) is 3.88. The third kappa shape index (κ3) is 4.08. The molecule has 33 heavy (non-hydrogen) atoms. The lowest BCUT2D eigenvalue weighted by Crippen LogP contribution is -2.21. The molecule has 4 aromatic rings. The quantitative estimate of drug-likeness (QED) is 0.418. The summed E-state index contributed by atoms with van der Waals surface area (Å²) in [5, 5.41) is 10.4. The molecule has 1 aliphatic heterocycles. The molecule has 164 valence electrons. The summed E-state index contributed by atoms with van der Waals surface area (Å²) in [7, 11) is 0. The Bertz CT molecular complexity index is 1350. The number of nitrogens with one attached hydrogen (secondary N) is 2. The summed E-state index contributed by atoms with van der Waals surface area (Å²) < 4.78 is 29.5. The molecule has 5 rings (SSSR count). The van der Waals surface area contributed by atoms with E-state index in [9.17, 15) is 13.6 Å². The number of fused-ring (bicyclic) bond motifs is 1. The molecule has 0 aliphatic carbocycles. The number of hydrogen-bond acceptors (Lipinski definition) is 4. The Morgan fingerprint density at radius 3 is 2.48 bits per heavy atom. The van der Waals surface area contributed by atoms with Crippen LogP contribution in [0.3, 0.4) is 0 Å². The second kappa shape index (κ2) is 8.48. The summed E-state index contributed by atoms with van der Waals surface area (Å²) in [6, 6.07) is 18.3. The molecule has 9 heteroatoms. The SMILES string of the molecule is O=C(Nc1nc2n(n1)[C@H](c1c(F)cccc1Cl)C=C(c1ccccc1)N2)c1ccc(F)cc1. The minimum Gasteiger partial charge on any atom is -0.324 e. The molecule has 0 saturated carbocycles. The number of nitrogens with zero attached hydrogens (tertiary/aromatic N) is 3. The second-order valence-corrected chi connectivity index (χ2v) is 7.72. The number of halogens is 3. The zero-order valence-electron chi connectivity index (χ0n) is 17.0. The van der Waals surface area contributed by atoms with Gasteiger partial charge >= 0.3 is 0 Å². The number of allylic oxidation sites excluding steroid dienone is 1. The molecule has 2 heterocycles. The van der Waals surface area contributed by atoms with Gasteiger partial charge in [-0.1, -0.05) is 48.0 Å². The molecule has 3 aromatic carbocycles. The minimum absolute atomic E-state index is 0.00648. The molecule has 1 atom stereocenters. The van der Waals surface area contributed by atoms with Crippen molar-refractivity contribution in [3.63, 3.8) is 0 Å². The molecular weight excluding hydrogens is 448 g/mol. The van der Waals surface area contributed by atoms with Gasteiger partial charge in [0.25, 0.3) is 11.9 Å². The van der Waals surface area contributed by atoms with Crippen LogP contribution in [0.25, 0.3) is 5.70 Å². The predicted octanol–water partition coefficient (Wildman–Crippen LogP) is 5.52. The number of anilines is 2. The largest absolute Gasteiger partial charge is 0.324 e. The van der Waals surface area contributed by atoms with Gasteiger partial charge in [-0.15, -0.1) is 5.10 Å². The van der Waals surface area contributed by atoms with E-state index < -0.39 is 23.6 Å². The first-order valence-corrected chi connectivity index (χ1v) is 10.4. The van der Waals surface area contributed by atoms with Gasteiger partial charge in [-0.05, 0) is 48.0 Å². The number of benzene rings is 3. The van der Waals surface area contributed by atoms with E-state index in [1.807, 2.05) is 30.3 Å². The number of carbonyl (C=O) groups is 1. The van der Waals surface area contributed by atoms with Gasteiger partial charge in [-0.25, -0.2) is 13.5 Å². The van der Waals surface area contributed by atoms with Gasteiger partial charge < -0.3 is 5.32 Å². The van der Waals surface area contributed by atoms with Crippen molar-refractivity contribution in [3.05, 3.63) is 112 Å². The van der Waals surface area contributed by atoms with Crippen LogP contribution in [0.2, 0.25) is 5.02 Å². The first kappa shape index (κ1) is 20.8. The molecule has 0 unspecified atom stereocenters. The average Bonchev–Trinajstić information content (AvgIpc) is 3.22. The van der Waals surface area contributed by atoms with Gasteiger partial charge in [-0.3, -0.25) is 10.1 Å². The van der Waals surface area contributed by atoms with Crippen molar-refractivity contribution in [2.24, 2.45) is 0 Å². The highest BCUT2D eigenvalue weighted by atomic mass is 35.5. The van der Waals surface area contributed by atoms with Crippen molar-refractivity contribution in [2.45, 2.75) is 6.04 Å². The number of amides is 1. The highest BCUT2D eigenvalue weighted by molar-refractivity contribution is 6.31. The highest BCUT2D eigenvalue weighted by Crippen LogP contribution is 2.37. The minimum atomic E-state index is -0.714. The Labute approximate surface area is 192 Å². The topological polar surface area (TPSA) is 71.8 Å². The van der Waals surface area contributed by atoms with E-state index in [-0.39, 0.29) is 22.1 Å². The maximum Gasteiger partial charge on any atom is 0.258 e. The highest BCUT2D eigenvalue weighted by Gasteiger charge is 2.29. The van der Waals surface area contributed by atoms with Crippen LogP contribution in [0.1, 0.15) is 27.5 Å². The predicted molar refractivity (Wildman–Crippen MR) is 122 cm³/mol. The number of rotatable bonds is 4. The summed E-state index contributed by atoms with van der Waals surface area (Å²) in [5.74, 6) is -1.14. The lowest BCUT2D eigenvalue weighted by atomic mass is 10.0. The number of hydrogen-bond donors (Lipinski definition) is 2. The summed E-state index contributed by atoms with van der Waals surface area (Å²) in [4.78, 5) is 16.9. The molecular formula is C24H16ClF2N5O. The summed E-state index contributed by atoms with van der Waals surface area (Å²) in [6.07, 6.45) is 1.80. The maximum atomic E-state index is 14.8. The first-order valence-electron chi connectivity index (χ1n) is 10.0. The fraction of sp³-hybridized carbons (Fsp3) is 0.0417. The third-order valence-corrected chi connectivity index (χ3v) is 5.51. The van der Waals surface area contributed by atoms with E-state index >= 15 is 0 Å². The lowest BCUT2D eigenvalue weighted by molar-refractivity contribution is 0.102. The van der Waals surface area contributed by atoms with Crippen LogP contribution in [0, 0.1) is 11.6 Å². The monoisotopic (exact) mass is 463 g/mol. The smallest absolute Gasteiger partial charge is 0.258 e. The Balaban J connectivity index is 1.54. The molecule has 1 aliphatic rings. The molecule has 1 aromatic heterocycles. The van der Waals surface area contributed by atoms with Crippen molar-refractivity contribution in [3.8, 4) is 0 Å². The van der Waals surface area contributed by atoms with Crippen molar-refractivity contribution in [1.82, 2.24) is 14.8 Å². The molecule has 0 fully saturated rings. The Hall–Kier alpha value is -4.04. The third-order valence-electron chi connectivity index (χ3n) is 5.18. The molecule has 0 radical (unpaired) electrons. The lowest BCUT2D eigenvalue weighted by Gasteiger charge is -2.25. The van der Waals surface area contributed by atoms with E-state index in [2.05, 4.69) is 20.7 Å². The van der Waals surface area contributed by atoms with E-state index in [1.165, 1.54) is 41.1 Å².